The molecule has 8 nitrogen and oxygen atoms in total. The number of allylic oxidation sites excluding steroid dienone is 3. The van der Waals surface area contributed by atoms with Crippen LogP contribution in [0.3, 0.4) is 0 Å². The number of esters is 3. The summed E-state index contributed by atoms with van der Waals surface area (Å²) in [6.45, 7) is 19.3. The first-order valence-electron chi connectivity index (χ1n) is 16.1. The van der Waals surface area contributed by atoms with Gasteiger partial charge in [0.15, 0.2) is 0 Å². The first-order valence-corrected chi connectivity index (χ1v) is 16.1. The van der Waals surface area contributed by atoms with Crippen LogP contribution in [0.5, 0.6) is 0 Å². The van der Waals surface area contributed by atoms with Gasteiger partial charge in [0.25, 0.3) is 0 Å². The quantitative estimate of drug-likeness (QED) is 0.177. The molecule has 0 saturated heterocycles. The van der Waals surface area contributed by atoms with Crippen LogP contribution < -0.4 is 0 Å². The van der Waals surface area contributed by atoms with Crippen molar-refractivity contribution >= 4 is 23.9 Å². The van der Waals surface area contributed by atoms with Crippen molar-refractivity contribution in [2.24, 2.45) is 39.4 Å². The van der Waals surface area contributed by atoms with E-state index in [1.807, 2.05) is 0 Å². The second kappa shape index (κ2) is 11.8. The molecule has 8 heteroatoms. The zero-order chi connectivity index (χ0) is 33.0. The third-order valence-corrected chi connectivity index (χ3v) is 12.4. The van der Waals surface area contributed by atoms with E-state index in [1.54, 1.807) is 13.0 Å². The van der Waals surface area contributed by atoms with E-state index < -0.39 is 23.5 Å². The molecule has 3 unspecified atom stereocenters. The third-order valence-electron chi connectivity index (χ3n) is 12.4. The number of rotatable bonds is 8. The highest BCUT2D eigenvalue weighted by molar-refractivity contribution is 5.85. The molecule has 44 heavy (non-hydrogen) atoms. The van der Waals surface area contributed by atoms with Crippen molar-refractivity contribution in [2.75, 3.05) is 0 Å². The molecule has 2 saturated carbocycles. The summed E-state index contributed by atoms with van der Waals surface area (Å²) in [6, 6.07) is 0. The predicted octanol–water partition coefficient (Wildman–Crippen LogP) is 6.97. The number of hydrogen-bond donors (Lipinski definition) is 1. The van der Waals surface area contributed by atoms with Gasteiger partial charge < -0.3 is 19.3 Å². The van der Waals surface area contributed by atoms with Crippen molar-refractivity contribution in [3.63, 3.8) is 0 Å². The molecule has 4 aliphatic rings. The standard InChI is InChI=1S/C36H52O8/c1-20(32(40)41)11-13-28(42-22(3)37)21(2)27-19-31(44-24(5)39)36(10)26-12-14-29-33(6,7)30(43-23(4)38)16-17-34(29,8)25(26)15-18-35(27,36)9/h11-12,15,21,27-31H,13-14,16-19H2,1-10H3,(H,40,41)/b20-11-/t21-,27+,28?,29-,30?,31?,34+,35+,36+/m0/s1. The van der Waals surface area contributed by atoms with Crippen molar-refractivity contribution in [3.05, 3.63) is 34.9 Å². The highest BCUT2D eigenvalue weighted by atomic mass is 16.6. The third kappa shape index (κ3) is 5.44. The van der Waals surface area contributed by atoms with Crippen LogP contribution in [0.15, 0.2) is 34.9 Å². The Labute approximate surface area is 262 Å². The fourth-order valence-corrected chi connectivity index (χ4v) is 9.83. The Morgan fingerprint density at radius 1 is 0.932 bits per heavy atom. The van der Waals surface area contributed by atoms with Crippen LogP contribution >= 0.6 is 0 Å². The lowest BCUT2D eigenvalue weighted by atomic mass is 9.44. The smallest absolute Gasteiger partial charge is 0.330 e. The summed E-state index contributed by atoms with van der Waals surface area (Å²) >= 11 is 0. The summed E-state index contributed by atoms with van der Waals surface area (Å²) < 4.78 is 17.8. The first-order chi connectivity index (χ1) is 20.3. The number of ether oxygens (including phenoxy) is 3. The molecule has 0 spiro atoms. The molecule has 4 aliphatic carbocycles. The number of carboxylic acid groups (broad SMARTS) is 1. The molecule has 0 aromatic rings. The first kappa shape index (κ1) is 34.0. The molecule has 0 radical (unpaired) electrons. The van der Waals surface area contributed by atoms with Crippen LogP contribution in [-0.4, -0.2) is 47.3 Å². The maximum Gasteiger partial charge on any atom is 0.330 e. The number of hydrogen-bond acceptors (Lipinski definition) is 7. The molecule has 0 heterocycles. The minimum absolute atomic E-state index is 0.0279. The van der Waals surface area contributed by atoms with Crippen LogP contribution in [0, 0.1) is 39.4 Å². The van der Waals surface area contributed by atoms with Gasteiger partial charge in [-0.1, -0.05) is 59.8 Å². The summed E-state index contributed by atoms with van der Waals surface area (Å²) in [7, 11) is 0. The molecule has 0 bridgehead atoms. The highest BCUT2D eigenvalue weighted by Crippen LogP contribution is 2.72. The van der Waals surface area contributed by atoms with Gasteiger partial charge in [-0.05, 0) is 78.8 Å². The molecule has 0 amide bonds. The number of fused-ring (bicyclic) bond motifs is 5. The van der Waals surface area contributed by atoms with Crippen molar-refractivity contribution < 1.29 is 38.5 Å². The Morgan fingerprint density at radius 3 is 2.11 bits per heavy atom. The Balaban J connectivity index is 1.78. The van der Waals surface area contributed by atoms with Gasteiger partial charge in [0.1, 0.15) is 18.3 Å². The Morgan fingerprint density at radius 2 is 1.55 bits per heavy atom. The lowest BCUT2D eigenvalue weighted by molar-refractivity contribution is -0.166. The van der Waals surface area contributed by atoms with Gasteiger partial charge in [0.2, 0.25) is 0 Å². The van der Waals surface area contributed by atoms with E-state index in [9.17, 15) is 24.3 Å². The maximum absolute atomic E-state index is 12.5. The Hall–Kier alpha value is -2.90. The fourth-order valence-electron chi connectivity index (χ4n) is 9.83. The zero-order valence-electron chi connectivity index (χ0n) is 28.2. The molecule has 2 fully saturated rings. The lowest BCUT2D eigenvalue weighted by Crippen LogP contribution is -2.56. The molecular weight excluding hydrogens is 560 g/mol. The van der Waals surface area contributed by atoms with E-state index >= 15 is 0 Å². The topological polar surface area (TPSA) is 116 Å². The van der Waals surface area contributed by atoms with Crippen LogP contribution in [0.25, 0.3) is 0 Å². The summed E-state index contributed by atoms with van der Waals surface area (Å²) in [4.78, 5) is 48.2. The van der Waals surface area contributed by atoms with E-state index in [0.29, 0.717) is 12.8 Å². The van der Waals surface area contributed by atoms with E-state index in [4.69, 9.17) is 14.2 Å². The number of carbonyl (C=O) groups is 4. The lowest BCUT2D eigenvalue weighted by Gasteiger charge is -2.61. The van der Waals surface area contributed by atoms with Crippen LogP contribution in [0.1, 0.15) is 108 Å². The predicted molar refractivity (Wildman–Crippen MR) is 166 cm³/mol. The SMILES string of the molecule is CC(=O)OC(C/C=C(/C)C(=O)O)[C@@H](C)[C@H]1CC(OC(C)=O)[C@@]2(C)C3=CC[C@H]4C(C)(C)C(OC(C)=O)CC[C@]4(C)C3=CC[C@]12C. The molecule has 4 rings (SSSR count). The average molecular weight is 613 g/mol. The monoisotopic (exact) mass is 612 g/mol. The van der Waals surface area contributed by atoms with E-state index in [-0.39, 0.29) is 63.7 Å². The van der Waals surface area contributed by atoms with Crippen LogP contribution in [0.2, 0.25) is 0 Å². The minimum Gasteiger partial charge on any atom is -0.478 e. The second-order valence-electron chi connectivity index (χ2n) is 15.1. The van der Waals surface area contributed by atoms with Crippen molar-refractivity contribution in [1.29, 1.82) is 0 Å². The van der Waals surface area contributed by atoms with Crippen LogP contribution in [0.4, 0.5) is 0 Å². The van der Waals surface area contributed by atoms with Gasteiger partial charge in [-0.2, -0.15) is 0 Å². The van der Waals surface area contributed by atoms with Gasteiger partial charge >= 0.3 is 23.9 Å². The van der Waals surface area contributed by atoms with Gasteiger partial charge in [0.05, 0.1) is 0 Å². The molecule has 0 aromatic carbocycles. The summed E-state index contributed by atoms with van der Waals surface area (Å²) in [5.74, 6) is -1.78. The normalized spacial score (nSPS) is 37.2. The Kier molecular flexibility index (Phi) is 9.11. The van der Waals surface area contributed by atoms with Gasteiger partial charge in [-0.3, -0.25) is 14.4 Å². The van der Waals surface area contributed by atoms with E-state index in [2.05, 4.69) is 53.7 Å². The van der Waals surface area contributed by atoms with E-state index in [1.165, 1.54) is 31.9 Å². The zero-order valence-corrected chi connectivity index (χ0v) is 28.2. The number of aliphatic carboxylic acids is 1. The van der Waals surface area contributed by atoms with E-state index in [0.717, 1.165) is 25.7 Å². The van der Waals surface area contributed by atoms with Crippen molar-refractivity contribution in [1.82, 2.24) is 0 Å². The number of carboxylic acids is 1. The maximum atomic E-state index is 12.5. The van der Waals surface area contributed by atoms with Crippen LogP contribution in [-0.2, 0) is 33.4 Å². The molecule has 244 valence electrons. The molecular formula is C36H52O8. The van der Waals surface area contributed by atoms with Crippen molar-refractivity contribution in [2.45, 2.75) is 126 Å². The van der Waals surface area contributed by atoms with Gasteiger partial charge in [0, 0.05) is 43.6 Å². The number of carbonyl (C=O) groups excluding carboxylic acids is 3. The summed E-state index contributed by atoms with van der Waals surface area (Å²) in [5.41, 5.74) is 1.63. The Bertz CT molecular complexity index is 1300. The summed E-state index contributed by atoms with van der Waals surface area (Å²) in [5, 5.41) is 9.41. The molecule has 9 atom stereocenters. The second-order valence-corrected chi connectivity index (χ2v) is 15.1. The largest absolute Gasteiger partial charge is 0.478 e. The highest BCUT2D eigenvalue weighted by Gasteiger charge is 2.68. The van der Waals surface area contributed by atoms with Gasteiger partial charge in [-0.25, -0.2) is 4.79 Å². The molecule has 0 aromatic heterocycles. The minimum atomic E-state index is -0.999. The van der Waals surface area contributed by atoms with Crippen molar-refractivity contribution in [3.8, 4) is 0 Å². The molecule has 0 aliphatic heterocycles. The molecule has 1 N–H and O–H groups in total. The fraction of sp³-hybridized carbons (Fsp3) is 0.722. The average Bonchev–Trinajstić information content (AvgIpc) is 3.13. The van der Waals surface area contributed by atoms with Gasteiger partial charge in [-0.15, -0.1) is 0 Å². The summed E-state index contributed by atoms with van der Waals surface area (Å²) in [6.07, 6.45) is 9.58.